The molecule has 1 spiro atoms. The zero-order valence-corrected chi connectivity index (χ0v) is 15.9. The third-order valence-corrected chi connectivity index (χ3v) is 7.45. The lowest BCUT2D eigenvalue weighted by Gasteiger charge is -2.49. The summed E-state index contributed by atoms with van der Waals surface area (Å²) in [5.41, 5.74) is 1.23. The van der Waals surface area contributed by atoms with Crippen molar-refractivity contribution in [3.8, 4) is 0 Å². The van der Waals surface area contributed by atoms with Crippen molar-refractivity contribution in [3.05, 3.63) is 17.7 Å². The number of hydrogen-bond donors (Lipinski definition) is 1. The predicted octanol–water partition coefficient (Wildman–Crippen LogP) is 0.797. The molecule has 1 aromatic rings. The fourth-order valence-electron chi connectivity index (χ4n) is 3.88. The van der Waals surface area contributed by atoms with Gasteiger partial charge < -0.3 is 9.88 Å². The number of fused-ring (bicyclic) bond motifs is 2. The standard InChI is InChI=1S/C15H24N4O3S2/c1-11(23-2)14(20)18-8-5-15(6-9-18)13-12(16-10-17-13)4-7-19(15)24(3,21)22/h10-11H,4-9H2,1-3H3,(H,16,17)/t11-/m0/s1. The van der Waals surface area contributed by atoms with E-state index in [2.05, 4.69) is 9.97 Å². The first-order valence-electron chi connectivity index (χ1n) is 8.12. The minimum atomic E-state index is -3.34. The molecule has 3 rings (SSSR count). The molecule has 7 nitrogen and oxygen atoms in total. The van der Waals surface area contributed by atoms with Crippen molar-refractivity contribution in [3.63, 3.8) is 0 Å². The Kier molecular flexibility index (Phi) is 4.69. The number of hydrogen-bond acceptors (Lipinski definition) is 5. The van der Waals surface area contributed by atoms with Gasteiger partial charge in [-0.2, -0.15) is 16.1 Å². The normalized spacial score (nSPS) is 22.4. The van der Waals surface area contributed by atoms with Crippen LogP contribution >= 0.6 is 11.8 Å². The summed E-state index contributed by atoms with van der Waals surface area (Å²) >= 11 is 1.53. The van der Waals surface area contributed by atoms with Crippen LogP contribution in [0.15, 0.2) is 6.33 Å². The molecule has 1 N–H and O–H groups in total. The zero-order chi connectivity index (χ0) is 17.5. The summed E-state index contributed by atoms with van der Waals surface area (Å²) in [6.45, 7) is 3.49. The highest BCUT2D eigenvalue weighted by Crippen LogP contribution is 2.43. The molecule has 2 aliphatic heterocycles. The summed E-state index contributed by atoms with van der Waals surface area (Å²) in [7, 11) is -3.34. The second-order valence-electron chi connectivity index (χ2n) is 6.55. The van der Waals surface area contributed by atoms with Crippen LogP contribution < -0.4 is 0 Å². The average molecular weight is 373 g/mol. The fraction of sp³-hybridized carbons (Fsp3) is 0.733. The number of thioether (sulfide) groups is 1. The predicted molar refractivity (Wildman–Crippen MR) is 94.3 cm³/mol. The monoisotopic (exact) mass is 372 g/mol. The van der Waals surface area contributed by atoms with Gasteiger partial charge >= 0.3 is 0 Å². The van der Waals surface area contributed by atoms with Gasteiger partial charge in [0.05, 0.1) is 29.1 Å². The molecule has 0 saturated carbocycles. The Morgan fingerprint density at radius 1 is 1.38 bits per heavy atom. The molecule has 1 atom stereocenters. The van der Waals surface area contributed by atoms with E-state index < -0.39 is 15.6 Å². The van der Waals surface area contributed by atoms with Crippen molar-refractivity contribution in [1.82, 2.24) is 19.2 Å². The number of nitrogens with one attached hydrogen (secondary N) is 1. The lowest BCUT2D eigenvalue weighted by molar-refractivity contribution is -0.132. The smallest absolute Gasteiger partial charge is 0.235 e. The molecule has 3 heterocycles. The minimum absolute atomic E-state index is 0.0719. The molecule has 134 valence electrons. The molecule has 0 unspecified atom stereocenters. The van der Waals surface area contributed by atoms with Crippen LogP contribution in [0.3, 0.4) is 0 Å². The van der Waals surface area contributed by atoms with E-state index in [9.17, 15) is 13.2 Å². The van der Waals surface area contributed by atoms with E-state index in [4.69, 9.17) is 0 Å². The molecular formula is C15H24N4O3S2. The first-order chi connectivity index (χ1) is 11.3. The highest BCUT2D eigenvalue weighted by atomic mass is 32.2. The Morgan fingerprint density at radius 2 is 2.04 bits per heavy atom. The average Bonchev–Trinajstić information content (AvgIpc) is 3.03. The summed E-state index contributed by atoms with van der Waals surface area (Å²) in [5, 5.41) is -0.0719. The van der Waals surface area contributed by atoms with Gasteiger partial charge in [-0.1, -0.05) is 0 Å². The van der Waals surface area contributed by atoms with Gasteiger partial charge in [0.15, 0.2) is 0 Å². The molecule has 0 radical (unpaired) electrons. The van der Waals surface area contributed by atoms with Crippen LogP contribution in [-0.2, 0) is 26.8 Å². The number of H-pyrrole nitrogens is 1. The number of nitrogens with zero attached hydrogens (tertiary/aromatic N) is 3. The van der Waals surface area contributed by atoms with Gasteiger partial charge in [-0.15, -0.1) is 0 Å². The second kappa shape index (κ2) is 6.34. The van der Waals surface area contributed by atoms with Crippen LogP contribution in [0.25, 0.3) is 0 Å². The van der Waals surface area contributed by atoms with Gasteiger partial charge in [0.25, 0.3) is 0 Å². The largest absolute Gasteiger partial charge is 0.348 e. The maximum atomic E-state index is 12.4. The van der Waals surface area contributed by atoms with Crippen molar-refractivity contribution in [2.24, 2.45) is 0 Å². The van der Waals surface area contributed by atoms with Crippen LogP contribution in [0.4, 0.5) is 0 Å². The molecule has 0 aliphatic carbocycles. The van der Waals surface area contributed by atoms with Crippen molar-refractivity contribution < 1.29 is 13.2 Å². The molecule has 24 heavy (non-hydrogen) atoms. The topological polar surface area (TPSA) is 86.4 Å². The first kappa shape index (κ1) is 17.8. The molecule has 0 aromatic carbocycles. The Hall–Kier alpha value is -1.06. The molecule has 2 aliphatic rings. The molecule has 1 amide bonds. The van der Waals surface area contributed by atoms with E-state index in [1.807, 2.05) is 18.1 Å². The SMILES string of the molecule is CS[C@@H](C)C(=O)N1CCC2(CC1)c1nc[nH]c1CCN2S(C)(=O)=O. The molecular weight excluding hydrogens is 348 g/mol. The van der Waals surface area contributed by atoms with Crippen LogP contribution in [0.5, 0.6) is 0 Å². The summed E-state index contributed by atoms with van der Waals surface area (Å²) < 4.78 is 26.3. The van der Waals surface area contributed by atoms with Crippen LogP contribution in [-0.4, -0.2) is 70.9 Å². The first-order valence-corrected chi connectivity index (χ1v) is 11.3. The van der Waals surface area contributed by atoms with E-state index in [-0.39, 0.29) is 11.2 Å². The Bertz CT molecular complexity index is 723. The number of imidazole rings is 1. The number of aromatic nitrogens is 2. The summed E-state index contributed by atoms with van der Waals surface area (Å²) in [6.07, 6.45) is 6.66. The van der Waals surface area contributed by atoms with E-state index in [1.165, 1.54) is 18.0 Å². The Balaban J connectivity index is 1.90. The van der Waals surface area contributed by atoms with E-state index in [0.29, 0.717) is 38.9 Å². The molecule has 9 heteroatoms. The van der Waals surface area contributed by atoms with E-state index >= 15 is 0 Å². The number of carbonyl (C=O) groups excluding carboxylic acids is 1. The van der Waals surface area contributed by atoms with Gasteiger partial charge in [0.1, 0.15) is 0 Å². The second-order valence-corrected chi connectivity index (χ2v) is 9.63. The van der Waals surface area contributed by atoms with Gasteiger partial charge in [-0.25, -0.2) is 13.4 Å². The van der Waals surface area contributed by atoms with Crippen molar-refractivity contribution in [2.45, 2.75) is 37.0 Å². The van der Waals surface area contributed by atoms with Gasteiger partial charge in [0.2, 0.25) is 15.9 Å². The molecule has 0 bridgehead atoms. The van der Waals surface area contributed by atoms with Crippen LogP contribution in [0, 0.1) is 0 Å². The van der Waals surface area contributed by atoms with Gasteiger partial charge in [-0.3, -0.25) is 4.79 Å². The van der Waals surface area contributed by atoms with E-state index in [0.717, 1.165) is 11.4 Å². The zero-order valence-electron chi connectivity index (χ0n) is 14.3. The molecule has 1 aromatic heterocycles. The van der Waals surface area contributed by atoms with Crippen LogP contribution in [0.2, 0.25) is 0 Å². The lowest BCUT2D eigenvalue weighted by Crippen LogP contribution is -2.59. The number of amides is 1. The number of rotatable bonds is 3. The lowest BCUT2D eigenvalue weighted by atomic mass is 9.80. The number of piperidine rings is 1. The number of aromatic amines is 1. The van der Waals surface area contributed by atoms with Gasteiger partial charge in [-0.05, 0) is 26.0 Å². The number of carbonyl (C=O) groups is 1. The number of likely N-dealkylation sites (tertiary alicyclic amines) is 1. The summed E-state index contributed by atoms with van der Waals surface area (Å²) in [4.78, 5) is 21.9. The maximum Gasteiger partial charge on any atom is 0.235 e. The summed E-state index contributed by atoms with van der Waals surface area (Å²) in [6, 6.07) is 0. The molecule has 1 fully saturated rings. The van der Waals surface area contributed by atoms with E-state index in [1.54, 1.807) is 10.6 Å². The minimum Gasteiger partial charge on any atom is -0.348 e. The molecule has 1 saturated heterocycles. The van der Waals surface area contributed by atoms with Crippen molar-refractivity contribution in [2.75, 3.05) is 32.1 Å². The number of sulfonamides is 1. The third-order valence-electron chi connectivity index (χ3n) is 5.21. The summed E-state index contributed by atoms with van der Waals surface area (Å²) in [5.74, 6) is 0.126. The van der Waals surface area contributed by atoms with Crippen molar-refractivity contribution >= 4 is 27.7 Å². The van der Waals surface area contributed by atoms with Crippen molar-refractivity contribution in [1.29, 1.82) is 0 Å². The highest BCUT2D eigenvalue weighted by Gasteiger charge is 2.50. The fourth-order valence-corrected chi connectivity index (χ4v) is 5.56. The van der Waals surface area contributed by atoms with Crippen LogP contribution in [0.1, 0.15) is 31.2 Å². The highest BCUT2D eigenvalue weighted by molar-refractivity contribution is 7.99. The maximum absolute atomic E-state index is 12.4. The quantitative estimate of drug-likeness (QED) is 0.848. The van der Waals surface area contributed by atoms with Gasteiger partial charge in [0, 0.05) is 31.7 Å². The third kappa shape index (κ3) is 2.86. The Labute approximate surface area is 147 Å². The Morgan fingerprint density at radius 3 is 2.62 bits per heavy atom.